The van der Waals surface area contributed by atoms with E-state index in [1.165, 1.54) is 12.1 Å². The van der Waals surface area contributed by atoms with E-state index < -0.39 is 17.6 Å². The van der Waals surface area contributed by atoms with E-state index in [0.717, 1.165) is 37.8 Å². The first-order chi connectivity index (χ1) is 9.36. The van der Waals surface area contributed by atoms with Crippen molar-refractivity contribution in [2.45, 2.75) is 43.9 Å². The fourth-order valence-corrected chi connectivity index (χ4v) is 2.37. The summed E-state index contributed by atoms with van der Waals surface area (Å²) in [6.45, 7) is 0. The van der Waals surface area contributed by atoms with Crippen LogP contribution in [0.5, 0.6) is 0 Å². The lowest BCUT2D eigenvalue weighted by atomic mass is 9.91. The molecule has 3 N–H and O–H groups in total. The van der Waals surface area contributed by atoms with Gasteiger partial charge in [0.05, 0.1) is 5.56 Å². The van der Waals surface area contributed by atoms with Crippen LogP contribution >= 0.6 is 12.4 Å². The first kappa shape index (κ1) is 17.8. The van der Waals surface area contributed by atoms with Gasteiger partial charge in [-0.2, -0.15) is 13.2 Å². The fraction of sp³-hybridized carbons (Fsp3) is 0.500. The van der Waals surface area contributed by atoms with Gasteiger partial charge in [-0.3, -0.25) is 4.79 Å². The van der Waals surface area contributed by atoms with Crippen LogP contribution in [0.4, 0.5) is 13.2 Å². The third-order valence-corrected chi connectivity index (χ3v) is 3.56. The first-order valence-electron chi connectivity index (χ1n) is 6.60. The molecule has 2 rings (SSSR count). The summed E-state index contributed by atoms with van der Waals surface area (Å²) >= 11 is 0. The summed E-state index contributed by atoms with van der Waals surface area (Å²) in [5, 5.41) is 2.77. The Hall–Kier alpha value is -1.27. The number of carbonyl (C=O) groups is 1. The van der Waals surface area contributed by atoms with Gasteiger partial charge in [0.25, 0.3) is 5.91 Å². The number of nitrogens with two attached hydrogens (primary N) is 1. The lowest BCUT2D eigenvalue weighted by molar-refractivity contribution is -0.137. The van der Waals surface area contributed by atoms with Crippen LogP contribution in [-0.2, 0) is 6.18 Å². The summed E-state index contributed by atoms with van der Waals surface area (Å²) in [5.41, 5.74) is 5.00. The van der Waals surface area contributed by atoms with Crippen LogP contribution in [0.1, 0.15) is 41.6 Å². The minimum absolute atomic E-state index is 0. The van der Waals surface area contributed by atoms with Crippen LogP contribution in [0.2, 0.25) is 0 Å². The minimum atomic E-state index is -4.44. The highest BCUT2D eigenvalue weighted by atomic mass is 35.5. The van der Waals surface area contributed by atoms with E-state index in [0.29, 0.717) is 0 Å². The maximum Gasteiger partial charge on any atom is 0.416 e. The molecule has 0 spiro atoms. The van der Waals surface area contributed by atoms with Crippen LogP contribution in [0.15, 0.2) is 24.3 Å². The Morgan fingerprint density at radius 1 is 1.19 bits per heavy atom. The lowest BCUT2D eigenvalue weighted by Crippen LogP contribution is -2.40. The van der Waals surface area contributed by atoms with E-state index in [1.54, 1.807) is 0 Å². The molecule has 0 atom stereocenters. The normalized spacial score (nSPS) is 22.3. The third kappa shape index (κ3) is 4.89. The van der Waals surface area contributed by atoms with Gasteiger partial charge in [-0.15, -0.1) is 12.4 Å². The topological polar surface area (TPSA) is 55.1 Å². The summed E-state index contributed by atoms with van der Waals surface area (Å²) in [4.78, 5) is 12.0. The van der Waals surface area contributed by atoms with Crippen molar-refractivity contribution in [2.24, 2.45) is 5.73 Å². The molecule has 0 aromatic heterocycles. The summed E-state index contributed by atoms with van der Waals surface area (Å²) in [7, 11) is 0. The second-order valence-corrected chi connectivity index (χ2v) is 5.16. The predicted octanol–water partition coefficient (Wildman–Crippen LogP) is 3.13. The number of hydrogen-bond donors (Lipinski definition) is 2. The molecule has 0 saturated heterocycles. The van der Waals surface area contributed by atoms with Crippen LogP contribution in [0.25, 0.3) is 0 Å². The highest BCUT2D eigenvalue weighted by Crippen LogP contribution is 2.29. The van der Waals surface area contributed by atoms with Crippen LogP contribution in [-0.4, -0.2) is 18.0 Å². The van der Waals surface area contributed by atoms with Crippen molar-refractivity contribution in [3.05, 3.63) is 35.4 Å². The number of nitrogens with one attached hydrogen (secondary N) is 1. The van der Waals surface area contributed by atoms with Gasteiger partial charge in [0.15, 0.2) is 0 Å². The minimum Gasteiger partial charge on any atom is -0.349 e. The van der Waals surface area contributed by atoms with Gasteiger partial charge in [-0.25, -0.2) is 0 Å². The summed E-state index contributed by atoms with van der Waals surface area (Å²) in [6, 6.07) is 4.63. The average molecular weight is 323 g/mol. The highest BCUT2D eigenvalue weighted by molar-refractivity contribution is 5.94. The van der Waals surface area contributed by atoms with Crippen LogP contribution in [0.3, 0.4) is 0 Å². The predicted molar refractivity (Wildman–Crippen MR) is 76.4 cm³/mol. The largest absolute Gasteiger partial charge is 0.416 e. The Balaban J connectivity index is 0.00000220. The van der Waals surface area contributed by atoms with E-state index in [2.05, 4.69) is 5.32 Å². The van der Waals surface area contributed by atoms with Crippen molar-refractivity contribution in [1.29, 1.82) is 0 Å². The Bertz CT molecular complexity index is 485. The Kier molecular flexibility index (Phi) is 6.04. The van der Waals surface area contributed by atoms with Crippen molar-refractivity contribution in [1.82, 2.24) is 5.32 Å². The van der Waals surface area contributed by atoms with E-state index in [9.17, 15) is 18.0 Å². The zero-order valence-corrected chi connectivity index (χ0v) is 12.1. The molecule has 0 unspecified atom stereocenters. The average Bonchev–Trinajstić information content (AvgIpc) is 2.40. The molecule has 3 nitrogen and oxygen atoms in total. The number of hydrogen-bond acceptors (Lipinski definition) is 2. The SMILES string of the molecule is Cl.NC1CCC(NC(=O)c2cccc(C(F)(F)F)c2)CC1. The zero-order valence-electron chi connectivity index (χ0n) is 11.3. The van der Waals surface area contributed by atoms with E-state index >= 15 is 0 Å². The molecule has 1 saturated carbocycles. The number of benzene rings is 1. The molecule has 0 aliphatic heterocycles. The van der Waals surface area contributed by atoms with E-state index in [-0.39, 0.29) is 30.1 Å². The molecule has 1 amide bonds. The maximum absolute atomic E-state index is 12.6. The lowest BCUT2D eigenvalue weighted by Gasteiger charge is -2.26. The van der Waals surface area contributed by atoms with Crippen molar-refractivity contribution in [3.63, 3.8) is 0 Å². The number of amides is 1. The van der Waals surface area contributed by atoms with Crippen molar-refractivity contribution >= 4 is 18.3 Å². The highest BCUT2D eigenvalue weighted by Gasteiger charge is 2.31. The molecule has 1 aliphatic rings. The Morgan fingerprint density at radius 2 is 1.81 bits per heavy atom. The molecule has 7 heteroatoms. The Labute approximate surface area is 127 Å². The van der Waals surface area contributed by atoms with Crippen molar-refractivity contribution < 1.29 is 18.0 Å². The molecule has 0 heterocycles. The number of carbonyl (C=O) groups excluding carboxylic acids is 1. The maximum atomic E-state index is 12.6. The summed E-state index contributed by atoms with van der Waals surface area (Å²) < 4.78 is 37.8. The first-order valence-corrected chi connectivity index (χ1v) is 6.60. The molecule has 1 aromatic carbocycles. The van der Waals surface area contributed by atoms with E-state index in [1.807, 2.05) is 0 Å². The molecular weight excluding hydrogens is 305 g/mol. The van der Waals surface area contributed by atoms with Gasteiger partial charge >= 0.3 is 6.18 Å². The second-order valence-electron chi connectivity index (χ2n) is 5.16. The third-order valence-electron chi connectivity index (χ3n) is 3.56. The van der Waals surface area contributed by atoms with Gasteiger partial charge < -0.3 is 11.1 Å². The fourth-order valence-electron chi connectivity index (χ4n) is 2.37. The van der Waals surface area contributed by atoms with Gasteiger partial charge in [0.2, 0.25) is 0 Å². The standard InChI is InChI=1S/C14H17F3N2O.ClH/c15-14(16,17)10-3-1-2-9(8-10)13(20)19-12-6-4-11(18)5-7-12;/h1-3,8,11-12H,4-7,18H2,(H,19,20);1H. The molecule has 118 valence electrons. The van der Waals surface area contributed by atoms with Crippen LogP contribution in [0, 0.1) is 0 Å². The summed E-state index contributed by atoms with van der Waals surface area (Å²) in [5.74, 6) is -0.462. The van der Waals surface area contributed by atoms with Crippen LogP contribution < -0.4 is 11.1 Å². The quantitative estimate of drug-likeness (QED) is 0.879. The zero-order chi connectivity index (χ0) is 14.8. The van der Waals surface area contributed by atoms with E-state index in [4.69, 9.17) is 5.73 Å². The number of rotatable bonds is 2. The van der Waals surface area contributed by atoms with Gasteiger partial charge in [0, 0.05) is 17.6 Å². The number of alkyl halides is 3. The molecular formula is C14H18ClF3N2O. The van der Waals surface area contributed by atoms with Crippen molar-refractivity contribution in [2.75, 3.05) is 0 Å². The molecule has 21 heavy (non-hydrogen) atoms. The second kappa shape index (κ2) is 7.13. The number of halogens is 4. The molecule has 1 fully saturated rings. The molecule has 0 bridgehead atoms. The van der Waals surface area contributed by atoms with Crippen molar-refractivity contribution in [3.8, 4) is 0 Å². The summed E-state index contributed by atoms with van der Waals surface area (Å²) in [6.07, 6.45) is -1.24. The molecule has 0 radical (unpaired) electrons. The molecule has 1 aliphatic carbocycles. The molecule has 1 aromatic rings. The van der Waals surface area contributed by atoms with Gasteiger partial charge in [-0.1, -0.05) is 6.07 Å². The van der Waals surface area contributed by atoms with Gasteiger partial charge in [0.1, 0.15) is 0 Å². The smallest absolute Gasteiger partial charge is 0.349 e. The van der Waals surface area contributed by atoms with Gasteiger partial charge in [-0.05, 0) is 43.9 Å². The Morgan fingerprint density at radius 3 is 2.38 bits per heavy atom. The monoisotopic (exact) mass is 322 g/mol.